The van der Waals surface area contributed by atoms with E-state index >= 15 is 0 Å². The Labute approximate surface area is 172 Å². The van der Waals surface area contributed by atoms with Crippen LogP contribution in [0.4, 0.5) is 5.69 Å². The third-order valence-corrected chi connectivity index (χ3v) is 4.18. The number of halogens is 1. The van der Waals surface area contributed by atoms with E-state index in [4.69, 9.17) is 16.7 Å². The lowest BCUT2D eigenvalue weighted by Crippen LogP contribution is -2.12. The van der Waals surface area contributed by atoms with Gasteiger partial charge >= 0.3 is 5.97 Å². The van der Waals surface area contributed by atoms with Crippen LogP contribution in [0, 0.1) is 0 Å². The summed E-state index contributed by atoms with van der Waals surface area (Å²) in [4.78, 5) is 23.3. The second-order valence-corrected chi connectivity index (χ2v) is 6.45. The van der Waals surface area contributed by atoms with Crippen molar-refractivity contribution in [2.45, 2.75) is 46.5 Å². The number of unbranched alkanes of at least 4 members (excludes halogenated alkanes) is 2. The van der Waals surface area contributed by atoms with E-state index in [2.05, 4.69) is 24.4 Å². The van der Waals surface area contributed by atoms with Gasteiger partial charge in [0.25, 0.3) is 0 Å². The van der Waals surface area contributed by atoms with Gasteiger partial charge in [0.05, 0.1) is 11.3 Å². The second-order valence-electron chi connectivity index (χ2n) is 6.02. The number of carboxylic acid groups (broad SMARTS) is 1. The summed E-state index contributed by atoms with van der Waals surface area (Å²) in [5, 5.41) is 12.1. The molecule has 0 unspecified atom stereocenters. The van der Waals surface area contributed by atoms with Crippen molar-refractivity contribution < 1.29 is 14.7 Å². The van der Waals surface area contributed by atoms with Gasteiger partial charge in [0.2, 0.25) is 5.91 Å². The standard InChI is InChI=1S/C21H22ClNO3.C2H6/c1-2-3-4-5-15-6-8-16(9-7-15)10-13-20(24)23-19-14-17(22)11-12-18(19)21(25)26;1-2/h6-14H,2-5H2,1H3,(H,23,24)(H,25,26);1-2H3/b13-10+;. The molecule has 0 radical (unpaired) electrons. The summed E-state index contributed by atoms with van der Waals surface area (Å²) in [7, 11) is 0. The highest BCUT2D eigenvalue weighted by atomic mass is 35.5. The molecule has 0 aliphatic carbocycles. The third-order valence-electron chi connectivity index (χ3n) is 3.95. The van der Waals surface area contributed by atoms with Gasteiger partial charge in [0.15, 0.2) is 0 Å². The minimum atomic E-state index is -1.13. The van der Waals surface area contributed by atoms with E-state index in [1.165, 1.54) is 49.1 Å². The normalized spacial score (nSPS) is 10.3. The molecule has 0 heterocycles. The van der Waals surface area contributed by atoms with Crippen LogP contribution in [-0.2, 0) is 11.2 Å². The maximum Gasteiger partial charge on any atom is 0.337 e. The van der Waals surface area contributed by atoms with Crippen LogP contribution in [0.15, 0.2) is 48.5 Å². The highest BCUT2D eigenvalue weighted by Gasteiger charge is 2.11. The number of rotatable bonds is 8. The smallest absolute Gasteiger partial charge is 0.337 e. The van der Waals surface area contributed by atoms with Crippen LogP contribution in [-0.4, -0.2) is 17.0 Å². The van der Waals surface area contributed by atoms with Crippen LogP contribution < -0.4 is 5.32 Å². The highest BCUT2D eigenvalue weighted by Crippen LogP contribution is 2.21. The maximum atomic E-state index is 12.1. The predicted octanol–water partition coefficient (Wildman–Crippen LogP) is 6.45. The van der Waals surface area contributed by atoms with Gasteiger partial charge in [-0.1, -0.05) is 69.5 Å². The molecule has 4 nitrogen and oxygen atoms in total. The van der Waals surface area contributed by atoms with Crippen LogP contribution in [0.5, 0.6) is 0 Å². The van der Waals surface area contributed by atoms with E-state index in [9.17, 15) is 9.59 Å². The van der Waals surface area contributed by atoms with Crippen molar-refractivity contribution in [3.05, 3.63) is 70.3 Å². The SMILES string of the molecule is CC.CCCCCc1ccc(/C=C/C(=O)Nc2cc(Cl)ccc2C(=O)O)cc1. The van der Waals surface area contributed by atoms with E-state index in [0.717, 1.165) is 12.0 Å². The van der Waals surface area contributed by atoms with Crippen LogP contribution in [0.2, 0.25) is 5.02 Å². The fraction of sp³-hybridized carbons (Fsp3) is 0.304. The van der Waals surface area contributed by atoms with E-state index in [-0.39, 0.29) is 11.3 Å². The third kappa shape index (κ3) is 7.97. The number of benzene rings is 2. The van der Waals surface area contributed by atoms with Gasteiger partial charge in [0, 0.05) is 11.1 Å². The van der Waals surface area contributed by atoms with Crippen molar-refractivity contribution in [3.8, 4) is 0 Å². The number of carboxylic acids is 1. The molecular formula is C23H28ClNO3. The molecule has 0 saturated carbocycles. The quantitative estimate of drug-likeness (QED) is 0.394. The summed E-state index contributed by atoms with van der Waals surface area (Å²) in [6, 6.07) is 12.3. The Bertz CT molecular complexity index is 798. The second kappa shape index (κ2) is 12.7. The first-order valence-corrected chi connectivity index (χ1v) is 9.98. The first kappa shape index (κ1) is 23.4. The molecule has 0 bridgehead atoms. The summed E-state index contributed by atoms with van der Waals surface area (Å²) in [5.74, 6) is -1.54. The van der Waals surface area contributed by atoms with Crippen molar-refractivity contribution in [2.75, 3.05) is 5.32 Å². The fourth-order valence-corrected chi connectivity index (χ4v) is 2.70. The number of hydrogen-bond donors (Lipinski definition) is 2. The number of hydrogen-bond acceptors (Lipinski definition) is 2. The molecule has 28 heavy (non-hydrogen) atoms. The van der Waals surface area contributed by atoms with Crippen molar-refractivity contribution >= 4 is 35.2 Å². The molecule has 0 saturated heterocycles. The molecule has 5 heteroatoms. The van der Waals surface area contributed by atoms with Gasteiger partial charge in [0.1, 0.15) is 0 Å². The lowest BCUT2D eigenvalue weighted by atomic mass is 10.1. The molecule has 150 valence electrons. The van der Waals surface area contributed by atoms with Crippen molar-refractivity contribution in [3.63, 3.8) is 0 Å². The first-order valence-electron chi connectivity index (χ1n) is 9.60. The van der Waals surface area contributed by atoms with Gasteiger partial charge < -0.3 is 10.4 Å². The number of carbonyl (C=O) groups is 2. The number of nitrogens with one attached hydrogen (secondary N) is 1. The van der Waals surface area contributed by atoms with Crippen LogP contribution in [0.25, 0.3) is 6.08 Å². The fourth-order valence-electron chi connectivity index (χ4n) is 2.53. The molecule has 0 aliphatic rings. The number of aromatic carboxylic acids is 1. The molecule has 2 N–H and O–H groups in total. The number of carbonyl (C=O) groups excluding carboxylic acids is 1. The zero-order valence-electron chi connectivity index (χ0n) is 16.7. The van der Waals surface area contributed by atoms with Gasteiger partial charge in [-0.15, -0.1) is 0 Å². The number of aryl methyl sites for hydroxylation is 1. The Kier molecular flexibility index (Phi) is 10.7. The molecule has 0 spiro atoms. The Balaban J connectivity index is 0.00000190. The van der Waals surface area contributed by atoms with Crippen molar-refractivity contribution in [1.82, 2.24) is 0 Å². The van der Waals surface area contributed by atoms with Crippen LogP contribution in [0.1, 0.15) is 61.5 Å². The van der Waals surface area contributed by atoms with E-state index in [0.29, 0.717) is 5.02 Å². The monoisotopic (exact) mass is 401 g/mol. The van der Waals surface area contributed by atoms with Crippen LogP contribution >= 0.6 is 11.6 Å². The number of amides is 1. The summed E-state index contributed by atoms with van der Waals surface area (Å²) >= 11 is 5.88. The highest BCUT2D eigenvalue weighted by molar-refractivity contribution is 6.31. The molecule has 2 aromatic rings. The average Bonchev–Trinajstić information content (AvgIpc) is 2.69. The lowest BCUT2D eigenvalue weighted by molar-refractivity contribution is -0.111. The zero-order chi connectivity index (χ0) is 20.9. The zero-order valence-corrected chi connectivity index (χ0v) is 17.4. The Hall–Kier alpha value is -2.59. The van der Waals surface area contributed by atoms with Gasteiger partial charge in [-0.25, -0.2) is 4.79 Å². The van der Waals surface area contributed by atoms with E-state index in [1.54, 1.807) is 6.08 Å². The first-order chi connectivity index (χ1) is 13.5. The van der Waals surface area contributed by atoms with Crippen LogP contribution in [0.3, 0.4) is 0 Å². The molecule has 2 aromatic carbocycles. The van der Waals surface area contributed by atoms with Gasteiger partial charge in [-0.3, -0.25) is 4.79 Å². The Morgan fingerprint density at radius 1 is 1.07 bits per heavy atom. The van der Waals surface area contributed by atoms with E-state index in [1.807, 2.05) is 26.0 Å². The van der Waals surface area contributed by atoms with Gasteiger partial charge in [-0.05, 0) is 48.2 Å². The average molecular weight is 402 g/mol. The van der Waals surface area contributed by atoms with Crippen molar-refractivity contribution in [1.29, 1.82) is 0 Å². The molecule has 0 fully saturated rings. The van der Waals surface area contributed by atoms with E-state index < -0.39 is 11.9 Å². The van der Waals surface area contributed by atoms with Gasteiger partial charge in [-0.2, -0.15) is 0 Å². The maximum absolute atomic E-state index is 12.1. The van der Waals surface area contributed by atoms with Crippen molar-refractivity contribution in [2.24, 2.45) is 0 Å². The molecule has 0 aromatic heterocycles. The molecular weight excluding hydrogens is 374 g/mol. The Morgan fingerprint density at radius 2 is 1.75 bits per heavy atom. The topological polar surface area (TPSA) is 66.4 Å². The number of anilines is 1. The minimum Gasteiger partial charge on any atom is -0.478 e. The summed E-state index contributed by atoms with van der Waals surface area (Å²) in [6.07, 6.45) is 7.73. The summed E-state index contributed by atoms with van der Waals surface area (Å²) in [6.45, 7) is 6.18. The summed E-state index contributed by atoms with van der Waals surface area (Å²) in [5.41, 5.74) is 2.35. The minimum absolute atomic E-state index is 0.00687. The molecule has 2 rings (SSSR count). The predicted molar refractivity (Wildman–Crippen MR) is 117 cm³/mol. The molecule has 0 aliphatic heterocycles. The lowest BCUT2D eigenvalue weighted by Gasteiger charge is -2.07. The molecule has 1 amide bonds. The Morgan fingerprint density at radius 3 is 2.36 bits per heavy atom. The largest absolute Gasteiger partial charge is 0.478 e. The summed E-state index contributed by atoms with van der Waals surface area (Å²) < 4.78 is 0. The molecule has 0 atom stereocenters.